The molecule has 0 radical (unpaired) electrons. The maximum atomic E-state index is 6.76. The zero-order valence-corrected chi connectivity index (χ0v) is 21.4. The van der Waals surface area contributed by atoms with Crippen molar-refractivity contribution in [3.8, 4) is 0 Å². The summed E-state index contributed by atoms with van der Waals surface area (Å²) < 4.78 is 13.5. The molecule has 3 heteroatoms. The van der Waals surface area contributed by atoms with Gasteiger partial charge in [-0.3, -0.25) is 0 Å². The summed E-state index contributed by atoms with van der Waals surface area (Å²) in [7, 11) is -2.35. The molecular weight excluding hydrogens is 411 g/mol. The van der Waals surface area contributed by atoms with Crippen molar-refractivity contribution in [2.75, 3.05) is 13.2 Å². The molecule has 0 fully saturated rings. The third-order valence-corrected chi connectivity index (χ3v) is 10.8. The van der Waals surface area contributed by atoms with Crippen molar-refractivity contribution in [1.29, 1.82) is 0 Å². The lowest BCUT2D eigenvalue weighted by Gasteiger charge is -2.43. The minimum atomic E-state index is -2.35. The van der Waals surface area contributed by atoms with Gasteiger partial charge in [0.15, 0.2) is 7.26 Å². The highest BCUT2D eigenvalue weighted by molar-refractivity contribution is 7.96. The highest BCUT2D eigenvalue weighted by Gasteiger charge is 2.65. The van der Waals surface area contributed by atoms with Crippen LogP contribution in [0.1, 0.15) is 50.3 Å². The molecule has 170 valence electrons. The molecule has 0 aliphatic rings. The highest BCUT2D eigenvalue weighted by Crippen LogP contribution is 2.68. The average Bonchev–Trinajstić information content (AvgIpc) is 2.78. The van der Waals surface area contributed by atoms with Gasteiger partial charge in [-0.25, -0.2) is 0 Å². The summed E-state index contributed by atoms with van der Waals surface area (Å²) in [6.45, 7) is 14.0. The molecule has 0 aliphatic carbocycles. The summed E-state index contributed by atoms with van der Waals surface area (Å²) in [5, 5.41) is 3.89. The second kappa shape index (κ2) is 10.8. The first kappa shape index (κ1) is 24.6. The van der Waals surface area contributed by atoms with Crippen LogP contribution in [0.15, 0.2) is 72.8 Å². The van der Waals surface area contributed by atoms with Gasteiger partial charge in [0.2, 0.25) is 0 Å². The molecule has 0 heterocycles. The molecule has 0 saturated heterocycles. The predicted molar refractivity (Wildman–Crippen MR) is 140 cm³/mol. The van der Waals surface area contributed by atoms with Gasteiger partial charge in [0.1, 0.15) is 15.9 Å². The molecule has 2 nitrogen and oxygen atoms in total. The summed E-state index contributed by atoms with van der Waals surface area (Å²) in [4.78, 5) is 0. The number of ether oxygens (including phenoxy) is 2. The molecule has 0 N–H and O–H groups in total. The van der Waals surface area contributed by atoms with E-state index in [1.54, 1.807) is 0 Å². The molecule has 0 aliphatic heterocycles. The minimum Gasteiger partial charge on any atom is -0.318 e. The molecule has 0 unspecified atom stereocenters. The Bertz CT molecular complexity index is 847. The van der Waals surface area contributed by atoms with E-state index in [1.165, 1.54) is 32.6 Å². The van der Waals surface area contributed by atoms with Gasteiger partial charge in [0.25, 0.3) is 5.53 Å². The Morgan fingerprint density at radius 2 is 0.875 bits per heavy atom. The quantitative estimate of drug-likeness (QED) is 0.262. The van der Waals surface area contributed by atoms with Gasteiger partial charge < -0.3 is 9.47 Å². The Labute approximate surface area is 195 Å². The number of hydrogen-bond donors (Lipinski definition) is 0. The van der Waals surface area contributed by atoms with Crippen LogP contribution in [0.3, 0.4) is 0 Å². The smallest absolute Gasteiger partial charge is 0.298 e. The van der Waals surface area contributed by atoms with E-state index < -0.39 is 12.8 Å². The van der Waals surface area contributed by atoms with Crippen LogP contribution in [0.4, 0.5) is 0 Å². The van der Waals surface area contributed by atoms with Crippen LogP contribution in [0, 0.1) is 20.8 Å². The summed E-state index contributed by atoms with van der Waals surface area (Å²) in [5.41, 5.74) is 3.04. The van der Waals surface area contributed by atoms with E-state index in [2.05, 4.69) is 114 Å². The molecule has 3 rings (SSSR count). The predicted octanol–water partition coefficient (Wildman–Crippen LogP) is 6.43. The number of benzene rings is 3. The monoisotopic (exact) mass is 449 g/mol. The summed E-state index contributed by atoms with van der Waals surface area (Å²) in [6, 6.07) is 27.1. The van der Waals surface area contributed by atoms with E-state index in [-0.39, 0.29) is 0 Å². The Morgan fingerprint density at radius 1 is 0.562 bits per heavy atom. The van der Waals surface area contributed by atoms with E-state index in [4.69, 9.17) is 9.47 Å². The fraction of sp³-hybridized carbons (Fsp3) is 0.379. The van der Waals surface area contributed by atoms with Crippen molar-refractivity contribution < 1.29 is 9.47 Å². The van der Waals surface area contributed by atoms with Crippen molar-refractivity contribution in [3.05, 3.63) is 89.5 Å². The van der Waals surface area contributed by atoms with Gasteiger partial charge in [-0.2, -0.15) is 0 Å². The van der Waals surface area contributed by atoms with E-state index >= 15 is 0 Å². The SMILES string of the molecule is CCCC(OCC)(OCC)[P+](c1ccc(C)cc1)(c1ccc(C)cc1)c1ccc(C)cc1. The molecule has 0 spiro atoms. The Balaban J connectivity index is 2.50. The van der Waals surface area contributed by atoms with Crippen molar-refractivity contribution in [2.24, 2.45) is 0 Å². The van der Waals surface area contributed by atoms with Crippen LogP contribution in [-0.2, 0) is 9.47 Å². The molecule has 0 amide bonds. The van der Waals surface area contributed by atoms with Gasteiger partial charge in [0, 0.05) is 6.42 Å². The maximum Gasteiger partial charge on any atom is 0.298 e. The third-order valence-electron chi connectivity index (χ3n) is 6.08. The maximum absolute atomic E-state index is 6.76. The molecule has 0 aromatic heterocycles. The van der Waals surface area contributed by atoms with Gasteiger partial charge in [0.05, 0.1) is 13.2 Å². The Hall–Kier alpha value is -1.99. The van der Waals surface area contributed by atoms with Crippen LogP contribution >= 0.6 is 7.26 Å². The van der Waals surface area contributed by atoms with Gasteiger partial charge >= 0.3 is 0 Å². The molecule has 0 bridgehead atoms. The van der Waals surface area contributed by atoms with E-state index in [1.807, 2.05) is 0 Å². The normalized spacial score (nSPS) is 12.2. The highest BCUT2D eigenvalue weighted by atomic mass is 31.2. The van der Waals surface area contributed by atoms with Crippen LogP contribution in [0.5, 0.6) is 0 Å². The van der Waals surface area contributed by atoms with Crippen LogP contribution in [0.2, 0.25) is 0 Å². The van der Waals surface area contributed by atoms with Gasteiger partial charge in [-0.1, -0.05) is 60.0 Å². The summed E-state index contributed by atoms with van der Waals surface area (Å²) in [5.74, 6) is 0. The second-order valence-corrected chi connectivity index (χ2v) is 12.1. The first-order valence-electron chi connectivity index (χ1n) is 11.8. The third kappa shape index (κ3) is 4.55. The number of aryl methyl sites for hydroxylation is 3. The van der Waals surface area contributed by atoms with Crippen LogP contribution < -0.4 is 15.9 Å². The largest absolute Gasteiger partial charge is 0.318 e. The molecule has 0 saturated carbocycles. The van der Waals surface area contributed by atoms with Gasteiger partial charge in [-0.05, 0) is 77.4 Å². The van der Waals surface area contributed by atoms with E-state index in [0.717, 1.165) is 12.8 Å². The molecule has 32 heavy (non-hydrogen) atoms. The molecule has 3 aromatic carbocycles. The zero-order chi connectivity index (χ0) is 23.2. The fourth-order valence-electron chi connectivity index (χ4n) is 4.66. The Kier molecular flexibility index (Phi) is 8.28. The lowest BCUT2D eigenvalue weighted by molar-refractivity contribution is -0.174. The molecule has 3 aromatic rings. The summed E-state index contributed by atoms with van der Waals surface area (Å²) in [6.07, 6.45) is 1.81. The first-order chi connectivity index (χ1) is 15.4. The van der Waals surface area contributed by atoms with E-state index in [9.17, 15) is 0 Å². The molecule has 0 atom stereocenters. The fourth-order valence-corrected chi connectivity index (χ4v) is 9.72. The standard InChI is InChI=1S/C29H38O2P/c1-7-22-29(30-8-2,31-9-3)32(26-16-10-23(4)11-17-26,27-18-12-24(5)13-19-27)28-20-14-25(6)15-21-28/h10-21H,7-9,22H2,1-6H3/q+1. The minimum absolute atomic E-state index is 0.603. The Morgan fingerprint density at radius 3 is 1.12 bits per heavy atom. The molecular formula is C29H38O2P+. The number of hydrogen-bond acceptors (Lipinski definition) is 2. The topological polar surface area (TPSA) is 18.5 Å². The lowest BCUT2D eigenvalue weighted by atomic mass is 10.2. The van der Waals surface area contributed by atoms with Crippen molar-refractivity contribution in [1.82, 2.24) is 0 Å². The zero-order valence-electron chi connectivity index (χ0n) is 20.5. The van der Waals surface area contributed by atoms with Crippen molar-refractivity contribution >= 4 is 23.2 Å². The van der Waals surface area contributed by atoms with Crippen LogP contribution in [-0.4, -0.2) is 18.7 Å². The van der Waals surface area contributed by atoms with Crippen LogP contribution in [0.25, 0.3) is 0 Å². The second-order valence-electron chi connectivity index (χ2n) is 8.51. The van der Waals surface area contributed by atoms with Crippen molar-refractivity contribution in [2.45, 2.75) is 59.9 Å². The van der Waals surface area contributed by atoms with Crippen molar-refractivity contribution in [3.63, 3.8) is 0 Å². The van der Waals surface area contributed by atoms with Gasteiger partial charge in [-0.15, -0.1) is 0 Å². The first-order valence-corrected chi connectivity index (χ1v) is 13.6. The summed E-state index contributed by atoms with van der Waals surface area (Å²) >= 11 is 0. The number of rotatable bonds is 10. The lowest BCUT2D eigenvalue weighted by Crippen LogP contribution is -2.51. The average molecular weight is 450 g/mol. The van der Waals surface area contributed by atoms with E-state index in [0.29, 0.717) is 13.2 Å².